The lowest BCUT2D eigenvalue weighted by molar-refractivity contribution is -0.00928. The SMILES string of the molecule is CCC(C)(OC)c1nc(COC)cc(NN)n1. The van der Waals surface area contributed by atoms with Gasteiger partial charge in [-0.25, -0.2) is 15.8 Å². The molecular weight excluding hydrogens is 220 g/mol. The number of anilines is 1. The van der Waals surface area contributed by atoms with Crippen LogP contribution in [0.1, 0.15) is 31.8 Å². The molecule has 0 fully saturated rings. The Hall–Kier alpha value is -1.24. The lowest BCUT2D eigenvalue weighted by atomic mass is 10.0. The second-order valence-electron chi connectivity index (χ2n) is 3.93. The number of nitrogens with two attached hydrogens (primary N) is 1. The first kappa shape index (κ1) is 13.8. The Morgan fingerprint density at radius 3 is 2.59 bits per heavy atom. The third-order valence-corrected chi connectivity index (χ3v) is 2.82. The molecule has 0 saturated carbocycles. The standard InChI is InChI=1S/C11H20N4O2/c1-5-11(2,17-4)10-13-8(7-16-3)6-9(14-10)15-12/h6H,5,7,12H2,1-4H3,(H,13,14,15). The molecule has 96 valence electrons. The smallest absolute Gasteiger partial charge is 0.162 e. The van der Waals surface area contributed by atoms with Crippen molar-refractivity contribution in [1.82, 2.24) is 9.97 Å². The van der Waals surface area contributed by atoms with Gasteiger partial charge in [0.2, 0.25) is 0 Å². The van der Waals surface area contributed by atoms with Gasteiger partial charge in [-0.05, 0) is 13.3 Å². The molecule has 0 saturated heterocycles. The molecule has 6 heteroatoms. The molecule has 0 spiro atoms. The third kappa shape index (κ3) is 3.12. The van der Waals surface area contributed by atoms with Crippen LogP contribution in [-0.2, 0) is 21.7 Å². The fraction of sp³-hybridized carbons (Fsp3) is 0.636. The molecular formula is C11H20N4O2. The number of hydrogen-bond donors (Lipinski definition) is 2. The highest BCUT2D eigenvalue weighted by atomic mass is 16.5. The van der Waals surface area contributed by atoms with Crippen molar-refractivity contribution in [2.75, 3.05) is 19.6 Å². The van der Waals surface area contributed by atoms with E-state index in [-0.39, 0.29) is 0 Å². The van der Waals surface area contributed by atoms with Crippen molar-refractivity contribution >= 4 is 5.82 Å². The summed E-state index contributed by atoms with van der Waals surface area (Å²) >= 11 is 0. The van der Waals surface area contributed by atoms with E-state index in [4.69, 9.17) is 15.3 Å². The van der Waals surface area contributed by atoms with Gasteiger partial charge in [-0.15, -0.1) is 0 Å². The quantitative estimate of drug-likeness (QED) is 0.574. The summed E-state index contributed by atoms with van der Waals surface area (Å²) in [6.45, 7) is 4.37. The van der Waals surface area contributed by atoms with Gasteiger partial charge in [-0.2, -0.15) is 0 Å². The maximum atomic E-state index is 5.47. The predicted molar refractivity (Wildman–Crippen MR) is 65.2 cm³/mol. The first-order chi connectivity index (χ1) is 8.09. The number of aromatic nitrogens is 2. The van der Waals surface area contributed by atoms with E-state index in [0.29, 0.717) is 18.2 Å². The molecule has 3 N–H and O–H groups in total. The minimum Gasteiger partial charge on any atom is -0.378 e. The second kappa shape index (κ2) is 5.90. The molecule has 0 aliphatic carbocycles. The van der Waals surface area contributed by atoms with Crippen molar-refractivity contribution in [3.63, 3.8) is 0 Å². The highest BCUT2D eigenvalue weighted by molar-refractivity contribution is 5.35. The highest BCUT2D eigenvalue weighted by Gasteiger charge is 2.28. The summed E-state index contributed by atoms with van der Waals surface area (Å²) in [4.78, 5) is 8.75. The van der Waals surface area contributed by atoms with Crippen molar-refractivity contribution in [1.29, 1.82) is 0 Å². The maximum absolute atomic E-state index is 5.47. The Morgan fingerprint density at radius 2 is 2.12 bits per heavy atom. The Labute approximate surface area is 102 Å². The first-order valence-electron chi connectivity index (χ1n) is 5.48. The summed E-state index contributed by atoms with van der Waals surface area (Å²) in [5, 5.41) is 0. The lowest BCUT2D eigenvalue weighted by Gasteiger charge is -2.25. The second-order valence-corrected chi connectivity index (χ2v) is 3.93. The van der Waals surface area contributed by atoms with Gasteiger partial charge in [0.25, 0.3) is 0 Å². The number of hydrazine groups is 1. The van der Waals surface area contributed by atoms with Gasteiger partial charge in [0.15, 0.2) is 5.82 Å². The zero-order valence-electron chi connectivity index (χ0n) is 10.8. The van der Waals surface area contributed by atoms with E-state index in [1.165, 1.54) is 0 Å². The molecule has 17 heavy (non-hydrogen) atoms. The largest absolute Gasteiger partial charge is 0.378 e. The number of nitrogens with one attached hydrogen (secondary N) is 1. The van der Waals surface area contributed by atoms with Gasteiger partial charge in [-0.3, -0.25) is 0 Å². The number of nitrogens with zero attached hydrogens (tertiary/aromatic N) is 2. The summed E-state index contributed by atoms with van der Waals surface area (Å²) in [7, 11) is 3.26. The molecule has 1 rings (SSSR count). The summed E-state index contributed by atoms with van der Waals surface area (Å²) in [5.41, 5.74) is 2.77. The molecule has 0 aliphatic heterocycles. The predicted octanol–water partition coefficient (Wildman–Crippen LogP) is 1.18. The molecule has 6 nitrogen and oxygen atoms in total. The number of methoxy groups -OCH3 is 2. The van der Waals surface area contributed by atoms with Gasteiger partial charge in [0.05, 0.1) is 12.3 Å². The minimum atomic E-state index is -0.519. The molecule has 1 unspecified atom stereocenters. The zero-order chi connectivity index (χ0) is 12.9. The summed E-state index contributed by atoms with van der Waals surface area (Å²) < 4.78 is 10.5. The Morgan fingerprint density at radius 1 is 1.41 bits per heavy atom. The summed E-state index contributed by atoms with van der Waals surface area (Å²) in [6, 6.07) is 1.75. The number of ether oxygens (including phenoxy) is 2. The van der Waals surface area contributed by atoms with Gasteiger partial charge >= 0.3 is 0 Å². The van der Waals surface area contributed by atoms with E-state index in [1.807, 2.05) is 13.8 Å². The number of nitrogen functional groups attached to an aromatic ring is 1. The monoisotopic (exact) mass is 240 g/mol. The van der Waals surface area contributed by atoms with Crippen LogP contribution in [0, 0.1) is 0 Å². The zero-order valence-corrected chi connectivity index (χ0v) is 10.8. The van der Waals surface area contributed by atoms with Crippen molar-refractivity contribution in [2.45, 2.75) is 32.5 Å². The fourth-order valence-corrected chi connectivity index (χ4v) is 1.42. The van der Waals surface area contributed by atoms with Crippen LogP contribution in [0.25, 0.3) is 0 Å². The van der Waals surface area contributed by atoms with Crippen LogP contribution in [0.4, 0.5) is 5.82 Å². The average Bonchev–Trinajstić information content (AvgIpc) is 2.37. The minimum absolute atomic E-state index is 0.410. The van der Waals surface area contributed by atoms with Crippen LogP contribution in [0.3, 0.4) is 0 Å². The van der Waals surface area contributed by atoms with E-state index in [2.05, 4.69) is 15.4 Å². The molecule has 0 amide bonds. The van der Waals surface area contributed by atoms with Crippen molar-refractivity contribution in [2.24, 2.45) is 5.84 Å². The molecule has 0 radical (unpaired) electrons. The normalized spacial score (nSPS) is 14.4. The maximum Gasteiger partial charge on any atom is 0.162 e. The van der Waals surface area contributed by atoms with Crippen molar-refractivity contribution < 1.29 is 9.47 Å². The van der Waals surface area contributed by atoms with Gasteiger partial charge < -0.3 is 14.9 Å². The average molecular weight is 240 g/mol. The lowest BCUT2D eigenvalue weighted by Crippen LogP contribution is -2.27. The Balaban J connectivity index is 3.18. The topological polar surface area (TPSA) is 82.3 Å². The first-order valence-corrected chi connectivity index (χ1v) is 5.48. The molecule has 0 aliphatic rings. The molecule has 0 bridgehead atoms. The van der Waals surface area contributed by atoms with E-state index >= 15 is 0 Å². The van der Waals surface area contributed by atoms with Crippen LogP contribution in [0.5, 0.6) is 0 Å². The molecule has 1 atom stereocenters. The van der Waals surface area contributed by atoms with Crippen LogP contribution in [0.2, 0.25) is 0 Å². The van der Waals surface area contributed by atoms with Crippen LogP contribution < -0.4 is 11.3 Å². The Kier molecular flexibility index (Phi) is 4.80. The number of rotatable bonds is 6. The molecule has 1 aromatic rings. The molecule has 1 heterocycles. The van der Waals surface area contributed by atoms with Gasteiger partial charge in [-0.1, -0.05) is 6.92 Å². The van der Waals surface area contributed by atoms with Crippen molar-refractivity contribution in [3.05, 3.63) is 17.6 Å². The van der Waals surface area contributed by atoms with E-state index < -0.39 is 5.60 Å². The summed E-state index contributed by atoms with van der Waals surface area (Å²) in [5.74, 6) is 6.54. The van der Waals surface area contributed by atoms with Gasteiger partial charge in [0.1, 0.15) is 11.4 Å². The van der Waals surface area contributed by atoms with E-state index in [0.717, 1.165) is 12.1 Å². The Bertz CT molecular complexity index is 366. The van der Waals surface area contributed by atoms with E-state index in [1.54, 1.807) is 20.3 Å². The highest BCUT2D eigenvalue weighted by Crippen LogP contribution is 2.26. The third-order valence-electron chi connectivity index (χ3n) is 2.82. The fourth-order valence-electron chi connectivity index (χ4n) is 1.42. The van der Waals surface area contributed by atoms with Crippen molar-refractivity contribution in [3.8, 4) is 0 Å². The molecule has 0 aromatic carbocycles. The summed E-state index contributed by atoms with van der Waals surface area (Å²) in [6.07, 6.45) is 0.768. The molecule has 1 aromatic heterocycles. The van der Waals surface area contributed by atoms with Crippen LogP contribution in [0.15, 0.2) is 6.07 Å². The van der Waals surface area contributed by atoms with Gasteiger partial charge in [0, 0.05) is 20.3 Å². The van der Waals surface area contributed by atoms with Crippen LogP contribution >= 0.6 is 0 Å². The number of hydrogen-bond acceptors (Lipinski definition) is 6. The van der Waals surface area contributed by atoms with Crippen LogP contribution in [-0.4, -0.2) is 24.2 Å². The van der Waals surface area contributed by atoms with E-state index in [9.17, 15) is 0 Å².